The van der Waals surface area contributed by atoms with Crippen molar-refractivity contribution < 1.29 is 0 Å². The van der Waals surface area contributed by atoms with E-state index in [2.05, 4.69) is 22.4 Å². The van der Waals surface area contributed by atoms with Crippen LogP contribution in [0.5, 0.6) is 0 Å². The summed E-state index contributed by atoms with van der Waals surface area (Å²) < 4.78 is 1.64. The molecule has 0 saturated carbocycles. The van der Waals surface area contributed by atoms with Crippen molar-refractivity contribution in [2.45, 2.75) is 13.0 Å². The van der Waals surface area contributed by atoms with Crippen molar-refractivity contribution >= 4 is 11.6 Å². The fraction of sp³-hybridized carbons (Fsp3) is 0.364. The number of nitrogens with zero attached hydrogens (tertiary/aromatic N) is 5. The number of hydrogen-bond donors (Lipinski definition) is 1. The van der Waals surface area contributed by atoms with Crippen LogP contribution in [0.2, 0.25) is 0 Å². The number of aryl methyl sites for hydroxylation is 1. The van der Waals surface area contributed by atoms with Gasteiger partial charge in [0.25, 0.3) is 0 Å². The van der Waals surface area contributed by atoms with E-state index in [1.54, 1.807) is 4.68 Å². The first-order valence-corrected chi connectivity index (χ1v) is 5.40. The van der Waals surface area contributed by atoms with Gasteiger partial charge in [-0.25, -0.2) is 4.68 Å². The Bertz CT molecular complexity index is 506. The van der Waals surface area contributed by atoms with Crippen molar-refractivity contribution in [3.63, 3.8) is 0 Å². The predicted octanol–water partition coefficient (Wildman–Crippen LogP) is 0.990. The van der Waals surface area contributed by atoms with Gasteiger partial charge in [-0.3, -0.25) is 0 Å². The largest absolute Gasteiger partial charge is 0.399 e. The number of nitrogens with two attached hydrogens (primary N) is 1. The molecule has 0 amide bonds. The van der Waals surface area contributed by atoms with Gasteiger partial charge in [-0.2, -0.15) is 0 Å². The highest BCUT2D eigenvalue weighted by Gasteiger charge is 2.16. The SMILES string of the molecule is CC(c1cccc(N)c1)N(C)c1nnnn1C. The fourth-order valence-electron chi connectivity index (χ4n) is 1.74. The van der Waals surface area contributed by atoms with E-state index in [0.29, 0.717) is 0 Å². The van der Waals surface area contributed by atoms with Crippen molar-refractivity contribution in [1.82, 2.24) is 20.2 Å². The third-order valence-corrected chi connectivity index (χ3v) is 2.89. The molecular weight excluding hydrogens is 216 g/mol. The molecule has 6 heteroatoms. The van der Waals surface area contributed by atoms with Gasteiger partial charge in [-0.1, -0.05) is 17.2 Å². The van der Waals surface area contributed by atoms with Crippen molar-refractivity contribution in [3.05, 3.63) is 29.8 Å². The molecule has 1 heterocycles. The molecule has 2 N–H and O–H groups in total. The monoisotopic (exact) mass is 232 g/mol. The Labute approximate surface area is 100 Å². The summed E-state index contributed by atoms with van der Waals surface area (Å²) in [7, 11) is 3.78. The van der Waals surface area contributed by atoms with E-state index in [1.165, 1.54) is 0 Å². The Balaban J connectivity index is 2.26. The number of hydrogen-bond acceptors (Lipinski definition) is 5. The maximum atomic E-state index is 5.78. The molecule has 0 fully saturated rings. The first-order valence-electron chi connectivity index (χ1n) is 5.40. The normalized spacial score (nSPS) is 12.4. The maximum Gasteiger partial charge on any atom is 0.245 e. The van der Waals surface area contributed by atoms with Crippen LogP contribution in [0.4, 0.5) is 11.6 Å². The first-order chi connectivity index (χ1) is 8.09. The van der Waals surface area contributed by atoms with Crippen molar-refractivity contribution in [2.75, 3.05) is 17.7 Å². The van der Waals surface area contributed by atoms with Gasteiger partial charge in [0.05, 0.1) is 6.04 Å². The molecule has 1 aromatic carbocycles. The third-order valence-electron chi connectivity index (χ3n) is 2.89. The summed E-state index contributed by atoms with van der Waals surface area (Å²) in [4.78, 5) is 2.01. The van der Waals surface area contributed by atoms with Crippen LogP contribution in [-0.4, -0.2) is 27.3 Å². The minimum absolute atomic E-state index is 0.156. The minimum Gasteiger partial charge on any atom is -0.399 e. The zero-order chi connectivity index (χ0) is 12.4. The molecule has 2 rings (SSSR count). The van der Waals surface area contributed by atoms with Gasteiger partial charge < -0.3 is 10.6 Å². The van der Waals surface area contributed by atoms with Gasteiger partial charge in [-0.05, 0) is 35.0 Å². The molecule has 0 aliphatic heterocycles. The predicted molar refractivity (Wildman–Crippen MR) is 66.5 cm³/mol. The number of tetrazole rings is 1. The van der Waals surface area contributed by atoms with Crippen molar-refractivity contribution in [3.8, 4) is 0 Å². The quantitative estimate of drug-likeness (QED) is 0.799. The average Bonchev–Trinajstić information content (AvgIpc) is 2.73. The fourth-order valence-corrected chi connectivity index (χ4v) is 1.74. The van der Waals surface area contributed by atoms with E-state index in [-0.39, 0.29) is 6.04 Å². The Morgan fingerprint density at radius 2 is 2.18 bits per heavy atom. The minimum atomic E-state index is 0.156. The van der Waals surface area contributed by atoms with Crippen molar-refractivity contribution in [2.24, 2.45) is 7.05 Å². The number of benzene rings is 1. The van der Waals surface area contributed by atoms with Crippen molar-refractivity contribution in [1.29, 1.82) is 0 Å². The van der Waals surface area contributed by atoms with Gasteiger partial charge >= 0.3 is 0 Å². The van der Waals surface area contributed by atoms with Crippen LogP contribution in [0.25, 0.3) is 0 Å². The molecule has 0 aliphatic rings. The summed E-state index contributed by atoms with van der Waals surface area (Å²) in [5.41, 5.74) is 7.68. The summed E-state index contributed by atoms with van der Waals surface area (Å²) in [6, 6.07) is 7.99. The van der Waals surface area contributed by atoms with Crippen LogP contribution < -0.4 is 10.6 Å². The van der Waals surface area contributed by atoms with Crippen LogP contribution in [0.15, 0.2) is 24.3 Å². The lowest BCUT2D eigenvalue weighted by atomic mass is 10.1. The Hall–Kier alpha value is -2.11. The summed E-state index contributed by atoms with van der Waals surface area (Å²) in [5.74, 6) is 0.722. The maximum absolute atomic E-state index is 5.78. The molecule has 90 valence electrons. The number of anilines is 2. The van der Waals surface area contributed by atoms with Crippen LogP contribution in [-0.2, 0) is 7.05 Å². The van der Waals surface area contributed by atoms with E-state index in [1.807, 2.05) is 43.3 Å². The highest BCUT2D eigenvalue weighted by molar-refractivity contribution is 5.44. The second-order valence-corrected chi connectivity index (χ2v) is 4.06. The van der Waals surface area contributed by atoms with Crippen LogP contribution in [0, 0.1) is 0 Å². The molecule has 1 atom stereocenters. The summed E-state index contributed by atoms with van der Waals surface area (Å²) >= 11 is 0. The van der Waals surface area contributed by atoms with E-state index in [9.17, 15) is 0 Å². The molecule has 1 unspecified atom stereocenters. The highest BCUT2D eigenvalue weighted by atomic mass is 15.6. The Morgan fingerprint density at radius 1 is 1.41 bits per heavy atom. The highest BCUT2D eigenvalue weighted by Crippen LogP contribution is 2.23. The third kappa shape index (κ3) is 2.20. The molecule has 1 aromatic heterocycles. The second kappa shape index (κ2) is 4.40. The van der Waals surface area contributed by atoms with Crippen LogP contribution in [0.3, 0.4) is 0 Å². The van der Waals surface area contributed by atoms with Gasteiger partial charge in [0.1, 0.15) is 0 Å². The molecule has 2 aromatic rings. The lowest BCUT2D eigenvalue weighted by Gasteiger charge is -2.25. The lowest BCUT2D eigenvalue weighted by Crippen LogP contribution is -2.24. The molecule has 0 saturated heterocycles. The molecule has 17 heavy (non-hydrogen) atoms. The smallest absolute Gasteiger partial charge is 0.245 e. The van der Waals surface area contributed by atoms with Crippen LogP contribution >= 0.6 is 0 Å². The average molecular weight is 232 g/mol. The number of aromatic nitrogens is 4. The molecule has 0 spiro atoms. The van der Waals surface area contributed by atoms with Gasteiger partial charge in [0.2, 0.25) is 5.95 Å². The first kappa shape index (κ1) is 11.4. The van der Waals surface area contributed by atoms with E-state index >= 15 is 0 Å². The topological polar surface area (TPSA) is 72.9 Å². The Morgan fingerprint density at radius 3 is 2.76 bits per heavy atom. The van der Waals surface area contributed by atoms with Gasteiger partial charge in [0, 0.05) is 19.8 Å². The standard InChI is InChI=1S/C11H16N6/c1-8(9-5-4-6-10(12)7-9)16(2)11-13-14-15-17(11)3/h4-8H,12H2,1-3H3. The van der Waals surface area contributed by atoms with Crippen LogP contribution in [0.1, 0.15) is 18.5 Å². The lowest BCUT2D eigenvalue weighted by molar-refractivity contribution is 0.660. The Kier molecular flexibility index (Phi) is 2.95. The molecule has 0 bridgehead atoms. The zero-order valence-electron chi connectivity index (χ0n) is 10.2. The summed E-state index contributed by atoms with van der Waals surface area (Å²) in [5, 5.41) is 11.4. The molecule has 0 radical (unpaired) electrons. The number of nitrogen functional groups attached to an aromatic ring is 1. The zero-order valence-corrected chi connectivity index (χ0v) is 10.2. The van der Waals surface area contributed by atoms with E-state index < -0.39 is 0 Å². The number of rotatable bonds is 3. The summed E-state index contributed by atoms with van der Waals surface area (Å²) in [6.07, 6.45) is 0. The van der Waals surface area contributed by atoms with E-state index in [4.69, 9.17) is 5.73 Å². The summed E-state index contributed by atoms with van der Waals surface area (Å²) in [6.45, 7) is 2.09. The van der Waals surface area contributed by atoms with E-state index in [0.717, 1.165) is 17.2 Å². The molecule has 0 aliphatic carbocycles. The molecular formula is C11H16N6. The van der Waals surface area contributed by atoms with Gasteiger partial charge in [-0.15, -0.1) is 0 Å². The van der Waals surface area contributed by atoms with Gasteiger partial charge in [0.15, 0.2) is 0 Å². The molecule has 6 nitrogen and oxygen atoms in total. The second-order valence-electron chi connectivity index (χ2n) is 4.06.